The van der Waals surface area contributed by atoms with Gasteiger partial charge in [0.1, 0.15) is 11.9 Å². The number of piperidine rings is 1. The Bertz CT molecular complexity index is 974. The van der Waals surface area contributed by atoms with Crippen molar-refractivity contribution < 1.29 is 23.9 Å². The van der Waals surface area contributed by atoms with Crippen LogP contribution in [-0.4, -0.2) is 49.6 Å². The van der Waals surface area contributed by atoms with E-state index < -0.39 is 17.8 Å². The number of rotatable bonds is 6. The van der Waals surface area contributed by atoms with Crippen LogP contribution < -0.4 is 10.2 Å². The zero-order valence-electron chi connectivity index (χ0n) is 17.0. The largest absolute Gasteiger partial charge is 0.465 e. The lowest BCUT2D eigenvalue weighted by molar-refractivity contribution is -0.152. The number of nitrogens with zero attached hydrogens (tertiary/aromatic N) is 3. The van der Waals surface area contributed by atoms with E-state index in [2.05, 4.69) is 19.9 Å². The molecule has 160 valence electrons. The van der Waals surface area contributed by atoms with Gasteiger partial charge in [-0.3, -0.25) is 9.59 Å². The molecular weight excluding hydrogens is 400 g/mol. The predicted molar refractivity (Wildman–Crippen MR) is 111 cm³/mol. The summed E-state index contributed by atoms with van der Waals surface area (Å²) in [5.41, 5.74) is 1.35. The van der Waals surface area contributed by atoms with Crippen LogP contribution in [0.3, 0.4) is 0 Å². The van der Waals surface area contributed by atoms with Crippen molar-refractivity contribution in [2.45, 2.75) is 12.8 Å². The molecule has 1 aliphatic heterocycles. The number of aromatic nitrogens is 1. The minimum atomic E-state index is -0.465. The summed E-state index contributed by atoms with van der Waals surface area (Å²) in [4.78, 5) is 42.1. The molecule has 0 spiro atoms. The summed E-state index contributed by atoms with van der Waals surface area (Å²) < 4.78 is 9.79. The van der Waals surface area contributed by atoms with E-state index >= 15 is 0 Å². The van der Waals surface area contributed by atoms with E-state index in [4.69, 9.17) is 10.00 Å². The van der Waals surface area contributed by atoms with Crippen LogP contribution >= 0.6 is 0 Å². The molecule has 1 aromatic carbocycles. The van der Waals surface area contributed by atoms with E-state index in [1.165, 1.54) is 25.4 Å². The van der Waals surface area contributed by atoms with Crippen molar-refractivity contribution in [1.29, 1.82) is 5.26 Å². The Morgan fingerprint density at radius 1 is 1.16 bits per heavy atom. The molecule has 1 aromatic heterocycles. The number of anilines is 2. The number of amides is 1. The van der Waals surface area contributed by atoms with Gasteiger partial charge in [-0.25, -0.2) is 9.78 Å². The molecule has 1 fully saturated rings. The Morgan fingerprint density at radius 2 is 1.87 bits per heavy atom. The first-order valence-corrected chi connectivity index (χ1v) is 9.76. The molecule has 3 rings (SSSR count). The van der Waals surface area contributed by atoms with E-state index in [0.29, 0.717) is 42.7 Å². The van der Waals surface area contributed by atoms with Crippen molar-refractivity contribution in [1.82, 2.24) is 4.98 Å². The molecule has 1 amide bonds. The zero-order valence-corrected chi connectivity index (χ0v) is 17.0. The van der Waals surface area contributed by atoms with Crippen molar-refractivity contribution in [2.75, 3.05) is 37.0 Å². The maximum Gasteiger partial charge on any atom is 0.337 e. The van der Waals surface area contributed by atoms with Crippen LogP contribution in [0.15, 0.2) is 42.6 Å². The second kappa shape index (κ2) is 10.2. The molecule has 9 nitrogen and oxygen atoms in total. The quantitative estimate of drug-likeness (QED) is 0.703. The number of hydrogen-bond donors (Lipinski definition) is 1. The number of carbonyl (C=O) groups is 3. The Balaban J connectivity index is 1.42. The third-order valence-corrected chi connectivity index (χ3v) is 4.96. The number of benzene rings is 1. The number of esters is 2. The molecule has 0 radical (unpaired) electrons. The van der Waals surface area contributed by atoms with Crippen molar-refractivity contribution in [3.63, 3.8) is 0 Å². The highest BCUT2D eigenvalue weighted by molar-refractivity contribution is 5.94. The van der Waals surface area contributed by atoms with E-state index in [1.54, 1.807) is 24.3 Å². The molecule has 1 saturated heterocycles. The van der Waals surface area contributed by atoms with Crippen LogP contribution in [0.25, 0.3) is 0 Å². The number of hydrogen-bond acceptors (Lipinski definition) is 8. The van der Waals surface area contributed by atoms with Crippen molar-refractivity contribution in [2.24, 2.45) is 5.92 Å². The molecule has 2 aromatic rings. The van der Waals surface area contributed by atoms with Crippen LogP contribution in [0.1, 0.15) is 28.8 Å². The molecule has 0 unspecified atom stereocenters. The average molecular weight is 422 g/mol. The molecule has 9 heteroatoms. The van der Waals surface area contributed by atoms with Gasteiger partial charge in [0, 0.05) is 25.0 Å². The Kier molecular flexibility index (Phi) is 7.17. The molecule has 0 bridgehead atoms. The summed E-state index contributed by atoms with van der Waals surface area (Å²) in [6.45, 7) is 0.893. The molecular formula is C22H22N4O5. The van der Waals surface area contributed by atoms with Gasteiger partial charge in [-0.1, -0.05) is 0 Å². The van der Waals surface area contributed by atoms with E-state index in [0.717, 1.165) is 5.82 Å². The van der Waals surface area contributed by atoms with Crippen molar-refractivity contribution in [3.8, 4) is 6.07 Å². The monoisotopic (exact) mass is 422 g/mol. The molecule has 0 saturated carbocycles. The molecule has 0 aliphatic carbocycles. The number of pyridine rings is 1. The zero-order chi connectivity index (χ0) is 22.2. The van der Waals surface area contributed by atoms with E-state index in [9.17, 15) is 14.4 Å². The fraction of sp³-hybridized carbons (Fsp3) is 0.318. The molecule has 1 aliphatic rings. The van der Waals surface area contributed by atoms with Crippen LogP contribution in [0.2, 0.25) is 0 Å². The third kappa shape index (κ3) is 5.79. The van der Waals surface area contributed by atoms with Crippen LogP contribution in [0.4, 0.5) is 11.5 Å². The first kappa shape index (κ1) is 21.8. The second-order valence-corrected chi connectivity index (χ2v) is 7.00. The lowest BCUT2D eigenvalue weighted by Crippen LogP contribution is -2.38. The van der Waals surface area contributed by atoms with Gasteiger partial charge < -0.3 is 19.7 Å². The summed E-state index contributed by atoms with van der Waals surface area (Å²) in [6, 6.07) is 11.7. The molecule has 2 heterocycles. The molecule has 31 heavy (non-hydrogen) atoms. The van der Waals surface area contributed by atoms with Gasteiger partial charge in [0.2, 0.25) is 0 Å². The molecule has 0 atom stereocenters. The highest BCUT2D eigenvalue weighted by atomic mass is 16.5. The van der Waals surface area contributed by atoms with Crippen molar-refractivity contribution >= 4 is 29.4 Å². The Hall–Kier alpha value is -3.93. The van der Waals surface area contributed by atoms with Crippen LogP contribution in [0.5, 0.6) is 0 Å². The van der Waals surface area contributed by atoms with Gasteiger partial charge >= 0.3 is 11.9 Å². The SMILES string of the molecule is COC(=O)c1ccc(NC(=O)COC(=O)C2CCN(c3ccc(C#N)cn3)CC2)cc1. The summed E-state index contributed by atoms with van der Waals surface area (Å²) >= 11 is 0. The number of methoxy groups -OCH3 is 1. The number of carbonyl (C=O) groups excluding carboxylic acids is 3. The second-order valence-electron chi connectivity index (χ2n) is 7.00. The summed E-state index contributed by atoms with van der Waals surface area (Å²) in [7, 11) is 1.29. The van der Waals surface area contributed by atoms with Gasteiger partial charge in [-0.05, 0) is 49.2 Å². The normalized spacial score (nSPS) is 13.7. The van der Waals surface area contributed by atoms with Crippen LogP contribution in [-0.2, 0) is 19.1 Å². The van der Waals surface area contributed by atoms with Crippen molar-refractivity contribution in [3.05, 3.63) is 53.7 Å². The number of nitriles is 1. The maximum absolute atomic E-state index is 12.3. The highest BCUT2D eigenvalue weighted by Crippen LogP contribution is 2.23. The predicted octanol–water partition coefficient (Wildman–Crippen LogP) is 2.14. The topological polar surface area (TPSA) is 122 Å². The minimum absolute atomic E-state index is 0.276. The lowest BCUT2D eigenvalue weighted by atomic mass is 9.97. The lowest BCUT2D eigenvalue weighted by Gasteiger charge is -2.31. The van der Waals surface area contributed by atoms with Gasteiger partial charge in [-0.15, -0.1) is 0 Å². The smallest absolute Gasteiger partial charge is 0.337 e. The third-order valence-electron chi connectivity index (χ3n) is 4.96. The fourth-order valence-electron chi connectivity index (χ4n) is 3.24. The summed E-state index contributed by atoms with van der Waals surface area (Å²) in [6.07, 6.45) is 2.71. The maximum atomic E-state index is 12.3. The molecule has 1 N–H and O–H groups in total. The number of ether oxygens (including phenoxy) is 2. The van der Waals surface area contributed by atoms with Crippen LogP contribution in [0, 0.1) is 17.2 Å². The first-order valence-electron chi connectivity index (χ1n) is 9.76. The van der Waals surface area contributed by atoms with Gasteiger partial charge in [-0.2, -0.15) is 5.26 Å². The van der Waals surface area contributed by atoms with Gasteiger partial charge in [0.15, 0.2) is 6.61 Å². The van der Waals surface area contributed by atoms with E-state index in [-0.39, 0.29) is 12.5 Å². The Morgan fingerprint density at radius 3 is 2.45 bits per heavy atom. The van der Waals surface area contributed by atoms with Gasteiger partial charge in [0.25, 0.3) is 5.91 Å². The number of nitrogens with one attached hydrogen (secondary N) is 1. The highest BCUT2D eigenvalue weighted by Gasteiger charge is 2.27. The standard InChI is InChI=1S/C22H22N4O5/c1-30-21(28)16-3-5-18(6-4-16)25-20(27)14-31-22(29)17-8-10-26(11-9-17)19-7-2-15(12-23)13-24-19/h2-7,13,17H,8-11,14H2,1H3,(H,25,27). The Labute approximate surface area is 179 Å². The van der Waals surface area contributed by atoms with E-state index in [1.807, 2.05) is 6.07 Å². The first-order chi connectivity index (χ1) is 15.0. The summed E-state index contributed by atoms with van der Waals surface area (Å²) in [5.74, 6) is -0.833. The summed E-state index contributed by atoms with van der Waals surface area (Å²) in [5, 5.41) is 11.5. The van der Waals surface area contributed by atoms with Gasteiger partial charge in [0.05, 0.1) is 24.2 Å². The fourth-order valence-corrected chi connectivity index (χ4v) is 3.24. The minimum Gasteiger partial charge on any atom is -0.465 e. The average Bonchev–Trinajstić information content (AvgIpc) is 2.82.